The van der Waals surface area contributed by atoms with E-state index < -0.39 is 12.1 Å². The van der Waals surface area contributed by atoms with Gasteiger partial charge in [-0.3, -0.25) is 4.98 Å². The SMILES string of the molecule is C[C@@H](OCc1nc(-c2ccccn2)no1)C(=O)O. The number of aromatic nitrogens is 3. The molecule has 1 atom stereocenters. The van der Waals surface area contributed by atoms with Crippen molar-refractivity contribution in [2.75, 3.05) is 0 Å². The number of nitrogens with zero attached hydrogens (tertiary/aromatic N) is 3. The smallest absolute Gasteiger partial charge is 0.332 e. The van der Waals surface area contributed by atoms with Gasteiger partial charge in [0.05, 0.1) is 0 Å². The van der Waals surface area contributed by atoms with E-state index in [1.807, 2.05) is 0 Å². The van der Waals surface area contributed by atoms with Crippen molar-refractivity contribution < 1.29 is 19.2 Å². The summed E-state index contributed by atoms with van der Waals surface area (Å²) in [6, 6.07) is 5.33. The molecule has 0 radical (unpaired) electrons. The van der Waals surface area contributed by atoms with Crippen LogP contribution in [0.2, 0.25) is 0 Å². The molecule has 2 aromatic heterocycles. The van der Waals surface area contributed by atoms with Crippen molar-refractivity contribution in [1.29, 1.82) is 0 Å². The van der Waals surface area contributed by atoms with Crippen molar-refractivity contribution >= 4 is 5.97 Å². The summed E-state index contributed by atoms with van der Waals surface area (Å²) < 4.78 is 9.95. The molecule has 2 aromatic rings. The molecule has 0 saturated carbocycles. The number of hydrogen-bond acceptors (Lipinski definition) is 6. The van der Waals surface area contributed by atoms with E-state index in [2.05, 4.69) is 15.1 Å². The number of carboxylic acid groups (broad SMARTS) is 1. The minimum Gasteiger partial charge on any atom is -0.479 e. The van der Waals surface area contributed by atoms with Gasteiger partial charge in [-0.15, -0.1) is 0 Å². The van der Waals surface area contributed by atoms with Crippen LogP contribution in [0.5, 0.6) is 0 Å². The van der Waals surface area contributed by atoms with Crippen molar-refractivity contribution in [2.45, 2.75) is 19.6 Å². The zero-order chi connectivity index (χ0) is 13.0. The molecule has 0 aromatic carbocycles. The van der Waals surface area contributed by atoms with Gasteiger partial charge in [0, 0.05) is 6.20 Å². The quantitative estimate of drug-likeness (QED) is 0.847. The first-order valence-corrected chi connectivity index (χ1v) is 5.25. The monoisotopic (exact) mass is 249 g/mol. The highest BCUT2D eigenvalue weighted by atomic mass is 16.5. The second-order valence-electron chi connectivity index (χ2n) is 3.52. The van der Waals surface area contributed by atoms with E-state index in [1.54, 1.807) is 24.4 Å². The van der Waals surface area contributed by atoms with Crippen molar-refractivity contribution in [2.24, 2.45) is 0 Å². The fraction of sp³-hybridized carbons (Fsp3) is 0.273. The normalized spacial score (nSPS) is 12.3. The van der Waals surface area contributed by atoms with E-state index in [0.29, 0.717) is 11.5 Å². The third kappa shape index (κ3) is 2.89. The average Bonchev–Trinajstić information content (AvgIpc) is 2.85. The third-order valence-corrected chi connectivity index (χ3v) is 2.17. The predicted octanol–water partition coefficient (Wildman–Crippen LogP) is 1.12. The molecule has 0 spiro atoms. The summed E-state index contributed by atoms with van der Waals surface area (Å²) in [4.78, 5) is 18.7. The first-order valence-electron chi connectivity index (χ1n) is 5.25. The van der Waals surface area contributed by atoms with Gasteiger partial charge in [-0.2, -0.15) is 4.98 Å². The number of rotatable bonds is 5. The fourth-order valence-electron chi connectivity index (χ4n) is 1.18. The number of carboxylic acids is 1. The molecular formula is C11H11N3O4. The maximum Gasteiger partial charge on any atom is 0.332 e. The Hall–Kier alpha value is -2.28. The minimum absolute atomic E-state index is 0.0483. The van der Waals surface area contributed by atoms with Crippen LogP contribution in [0.3, 0.4) is 0 Å². The van der Waals surface area contributed by atoms with Gasteiger partial charge in [-0.1, -0.05) is 11.2 Å². The molecule has 0 unspecified atom stereocenters. The fourth-order valence-corrected chi connectivity index (χ4v) is 1.18. The second kappa shape index (κ2) is 5.37. The van der Waals surface area contributed by atoms with Gasteiger partial charge in [0.25, 0.3) is 5.89 Å². The van der Waals surface area contributed by atoms with Crippen LogP contribution >= 0.6 is 0 Å². The van der Waals surface area contributed by atoms with Crippen LogP contribution in [0, 0.1) is 0 Å². The predicted molar refractivity (Wildman–Crippen MR) is 59.4 cm³/mol. The molecule has 0 bridgehead atoms. The standard InChI is InChI=1S/C11H11N3O4/c1-7(11(15)16)17-6-9-13-10(14-18-9)8-4-2-3-5-12-8/h2-5,7H,6H2,1H3,(H,15,16)/t7-/m1/s1. The molecule has 18 heavy (non-hydrogen) atoms. The van der Waals surface area contributed by atoms with Gasteiger partial charge in [-0.05, 0) is 19.1 Å². The van der Waals surface area contributed by atoms with Gasteiger partial charge in [0.1, 0.15) is 12.3 Å². The summed E-state index contributed by atoms with van der Waals surface area (Å²) in [7, 11) is 0. The first-order chi connectivity index (χ1) is 8.66. The molecule has 2 heterocycles. The number of pyridine rings is 1. The zero-order valence-corrected chi connectivity index (χ0v) is 9.61. The third-order valence-electron chi connectivity index (χ3n) is 2.17. The van der Waals surface area contributed by atoms with Crippen molar-refractivity contribution in [3.63, 3.8) is 0 Å². The van der Waals surface area contributed by atoms with E-state index in [0.717, 1.165) is 0 Å². The summed E-state index contributed by atoms with van der Waals surface area (Å²) >= 11 is 0. The highest BCUT2D eigenvalue weighted by Crippen LogP contribution is 2.12. The van der Waals surface area contributed by atoms with Crippen LogP contribution in [0.15, 0.2) is 28.9 Å². The molecule has 0 aliphatic heterocycles. The Bertz CT molecular complexity index is 526. The summed E-state index contributed by atoms with van der Waals surface area (Å²) in [6.07, 6.45) is 0.698. The lowest BCUT2D eigenvalue weighted by Crippen LogP contribution is -2.19. The number of aliphatic carboxylic acids is 1. The lowest BCUT2D eigenvalue weighted by Gasteiger charge is -2.04. The molecule has 0 aliphatic rings. The summed E-state index contributed by atoms with van der Waals surface area (Å²) in [6.45, 7) is 1.38. The molecular weight excluding hydrogens is 238 g/mol. The number of hydrogen-bond donors (Lipinski definition) is 1. The van der Waals surface area contributed by atoms with Crippen molar-refractivity contribution in [3.8, 4) is 11.5 Å². The van der Waals surface area contributed by atoms with E-state index >= 15 is 0 Å². The zero-order valence-electron chi connectivity index (χ0n) is 9.61. The Morgan fingerprint density at radius 2 is 2.39 bits per heavy atom. The lowest BCUT2D eigenvalue weighted by atomic mass is 10.3. The van der Waals surface area contributed by atoms with Crippen LogP contribution in [-0.2, 0) is 16.1 Å². The molecule has 0 aliphatic carbocycles. The average molecular weight is 249 g/mol. The molecule has 0 fully saturated rings. The summed E-state index contributed by atoms with van der Waals surface area (Å²) in [5.74, 6) is -0.486. The van der Waals surface area contributed by atoms with Crippen LogP contribution in [0.1, 0.15) is 12.8 Å². The molecule has 7 heteroatoms. The molecule has 0 saturated heterocycles. The Morgan fingerprint density at radius 3 is 3.06 bits per heavy atom. The van der Waals surface area contributed by atoms with E-state index in [9.17, 15) is 4.79 Å². The largest absolute Gasteiger partial charge is 0.479 e. The Labute approximate surface area is 102 Å². The van der Waals surface area contributed by atoms with Crippen molar-refractivity contribution in [1.82, 2.24) is 15.1 Å². The van der Waals surface area contributed by atoms with Gasteiger partial charge in [-0.25, -0.2) is 4.79 Å². The van der Waals surface area contributed by atoms with E-state index in [-0.39, 0.29) is 12.5 Å². The van der Waals surface area contributed by atoms with Crippen LogP contribution < -0.4 is 0 Å². The maximum absolute atomic E-state index is 10.5. The van der Waals surface area contributed by atoms with Gasteiger partial charge in [0.15, 0.2) is 6.10 Å². The molecule has 7 nitrogen and oxygen atoms in total. The first kappa shape index (κ1) is 12.2. The Morgan fingerprint density at radius 1 is 1.56 bits per heavy atom. The summed E-state index contributed by atoms with van der Waals surface area (Å²) in [5.41, 5.74) is 0.582. The lowest BCUT2D eigenvalue weighted by molar-refractivity contribution is -0.150. The van der Waals surface area contributed by atoms with Crippen LogP contribution in [-0.4, -0.2) is 32.3 Å². The molecule has 0 amide bonds. The highest BCUT2D eigenvalue weighted by Gasteiger charge is 2.14. The van der Waals surface area contributed by atoms with Gasteiger partial charge < -0.3 is 14.4 Å². The molecule has 94 valence electrons. The summed E-state index contributed by atoms with van der Waals surface area (Å²) in [5, 5.41) is 12.4. The van der Waals surface area contributed by atoms with Crippen LogP contribution in [0.4, 0.5) is 0 Å². The van der Waals surface area contributed by atoms with Crippen molar-refractivity contribution in [3.05, 3.63) is 30.3 Å². The second-order valence-corrected chi connectivity index (χ2v) is 3.52. The maximum atomic E-state index is 10.5. The van der Waals surface area contributed by atoms with Gasteiger partial charge in [0.2, 0.25) is 5.82 Å². The van der Waals surface area contributed by atoms with Gasteiger partial charge >= 0.3 is 5.97 Å². The highest BCUT2D eigenvalue weighted by molar-refractivity contribution is 5.71. The molecule has 2 rings (SSSR count). The number of ether oxygens (including phenoxy) is 1. The Kier molecular flexibility index (Phi) is 3.63. The molecule has 1 N–H and O–H groups in total. The topological polar surface area (TPSA) is 98.3 Å². The minimum atomic E-state index is -1.04. The Balaban J connectivity index is 2.01. The van der Waals surface area contributed by atoms with Crippen LogP contribution in [0.25, 0.3) is 11.5 Å². The number of carbonyl (C=O) groups is 1. The van der Waals surface area contributed by atoms with E-state index in [4.69, 9.17) is 14.4 Å². The van der Waals surface area contributed by atoms with E-state index in [1.165, 1.54) is 6.92 Å².